The zero-order chi connectivity index (χ0) is 25.8. The molecule has 5 N–H and O–H groups in total. The molecule has 1 aromatic heterocycles. The first-order valence-electron chi connectivity index (χ1n) is 11.9. The van der Waals surface area contributed by atoms with Crippen LogP contribution < -0.4 is 21.1 Å². The first-order valence-corrected chi connectivity index (χ1v) is 13.4. The van der Waals surface area contributed by atoms with Crippen molar-refractivity contribution in [2.45, 2.75) is 64.3 Å². The van der Waals surface area contributed by atoms with Crippen LogP contribution in [0.5, 0.6) is 0 Å². The molecule has 0 bridgehead atoms. The van der Waals surface area contributed by atoms with Crippen LogP contribution in [0.4, 0.5) is 4.39 Å². The largest absolute Gasteiger partial charge is 0.353 e. The molecule has 194 valence electrons. The summed E-state index contributed by atoms with van der Waals surface area (Å²) < 4.78 is 41.8. The minimum atomic E-state index is -3.33. The van der Waals surface area contributed by atoms with E-state index < -0.39 is 39.1 Å². The molecule has 3 rings (SSSR count). The summed E-state index contributed by atoms with van der Waals surface area (Å²) in [5, 5.41) is 10.0. The summed E-state index contributed by atoms with van der Waals surface area (Å²) in [7, 11) is -3.33. The van der Waals surface area contributed by atoms with Crippen molar-refractivity contribution in [1.82, 2.24) is 25.1 Å². The summed E-state index contributed by atoms with van der Waals surface area (Å²) in [5.41, 5.74) is 5.52. The number of rotatable bonds is 12. The van der Waals surface area contributed by atoms with Crippen molar-refractivity contribution in [3.05, 3.63) is 29.7 Å². The third-order valence-electron chi connectivity index (χ3n) is 5.85. The zero-order valence-corrected chi connectivity index (χ0v) is 21.3. The first kappa shape index (κ1) is 27.0. The summed E-state index contributed by atoms with van der Waals surface area (Å²) in [6, 6.07) is 3.19. The predicted octanol–water partition coefficient (Wildman–Crippen LogP) is 1.26. The lowest BCUT2D eigenvalue weighted by molar-refractivity contribution is -0.125. The van der Waals surface area contributed by atoms with Crippen LogP contribution in [0.25, 0.3) is 10.9 Å². The second kappa shape index (κ2) is 11.0. The maximum absolute atomic E-state index is 13.9. The third kappa shape index (κ3) is 6.98. The quantitative estimate of drug-likeness (QED) is 0.316. The number of nitrogens with one attached hydrogen (secondary N) is 3. The van der Waals surface area contributed by atoms with Gasteiger partial charge in [-0.3, -0.25) is 14.3 Å². The summed E-state index contributed by atoms with van der Waals surface area (Å²) >= 11 is 0. The summed E-state index contributed by atoms with van der Waals surface area (Å²) in [6.45, 7) is 6.59. The van der Waals surface area contributed by atoms with E-state index >= 15 is 0 Å². The van der Waals surface area contributed by atoms with Gasteiger partial charge in [0.2, 0.25) is 15.9 Å². The maximum Gasteiger partial charge on any atom is 0.273 e. The van der Waals surface area contributed by atoms with Gasteiger partial charge < -0.3 is 16.4 Å². The SMILES string of the molecule is CC(C)(C)C(NC(=O)c1nn(CCCCN)c2cc(F)ccc12)C(=O)NCCNS(=O)(=O)C1CC1. The predicted molar refractivity (Wildman–Crippen MR) is 132 cm³/mol. The molecule has 0 radical (unpaired) electrons. The summed E-state index contributed by atoms with van der Waals surface area (Å²) in [5.74, 6) is -1.42. The molecule has 10 nitrogen and oxygen atoms in total. The van der Waals surface area contributed by atoms with Crippen LogP contribution in [-0.4, -0.2) is 60.9 Å². The Labute approximate surface area is 205 Å². The van der Waals surface area contributed by atoms with Crippen LogP contribution in [0.3, 0.4) is 0 Å². The number of fused-ring (bicyclic) bond motifs is 1. The molecule has 2 aromatic rings. The average Bonchev–Trinajstić information content (AvgIpc) is 3.58. The van der Waals surface area contributed by atoms with E-state index in [0.717, 1.165) is 12.8 Å². The molecule has 35 heavy (non-hydrogen) atoms. The second-order valence-corrected chi connectivity index (χ2v) is 12.0. The molecule has 1 aromatic carbocycles. The van der Waals surface area contributed by atoms with Crippen LogP contribution in [0.15, 0.2) is 18.2 Å². The molecule has 1 aliphatic carbocycles. The van der Waals surface area contributed by atoms with E-state index in [9.17, 15) is 22.4 Å². The summed E-state index contributed by atoms with van der Waals surface area (Å²) in [6.07, 6.45) is 2.80. The molecule has 1 fully saturated rings. The van der Waals surface area contributed by atoms with Gasteiger partial charge in [0.15, 0.2) is 5.69 Å². The van der Waals surface area contributed by atoms with Gasteiger partial charge in [-0.2, -0.15) is 5.10 Å². The lowest BCUT2D eigenvalue weighted by Gasteiger charge is -2.30. The second-order valence-electron chi connectivity index (χ2n) is 9.93. The number of aromatic nitrogens is 2. The number of nitrogens with two attached hydrogens (primary N) is 1. The van der Waals surface area contributed by atoms with Crippen LogP contribution >= 0.6 is 0 Å². The fourth-order valence-electron chi connectivity index (χ4n) is 3.74. The topological polar surface area (TPSA) is 148 Å². The number of sulfonamides is 1. The first-order chi connectivity index (χ1) is 16.4. The van der Waals surface area contributed by atoms with Crippen LogP contribution in [0, 0.1) is 11.2 Å². The Morgan fingerprint density at radius 3 is 2.57 bits per heavy atom. The number of unbranched alkanes of at least 4 members (excludes halogenated alkanes) is 1. The van der Waals surface area contributed by atoms with Crippen molar-refractivity contribution >= 4 is 32.7 Å². The molecular weight excluding hydrogens is 475 g/mol. The van der Waals surface area contributed by atoms with Crippen molar-refractivity contribution in [3.63, 3.8) is 0 Å². The van der Waals surface area contributed by atoms with Crippen molar-refractivity contribution in [2.24, 2.45) is 11.1 Å². The highest BCUT2D eigenvalue weighted by Gasteiger charge is 2.36. The molecule has 1 unspecified atom stereocenters. The van der Waals surface area contributed by atoms with E-state index in [-0.39, 0.29) is 24.0 Å². The Morgan fingerprint density at radius 2 is 1.94 bits per heavy atom. The number of carbonyl (C=O) groups excluding carboxylic acids is 2. The molecule has 12 heteroatoms. The molecule has 0 spiro atoms. The highest BCUT2D eigenvalue weighted by molar-refractivity contribution is 7.90. The van der Waals surface area contributed by atoms with Gasteiger partial charge in [-0.1, -0.05) is 20.8 Å². The number of hydrogen-bond donors (Lipinski definition) is 4. The minimum absolute atomic E-state index is 0.0682. The maximum atomic E-state index is 13.9. The van der Waals surface area contributed by atoms with Gasteiger partial charge in [0.25, 0.3) is 5.91 Å². The van der Waals surface area contributed by atoms with E-state index in [4.69, 9.17) is 5.73 Å². The molecular formula is C23H35FN6O4S. The third-order valence-corrected chi connectivity index (χ3v) is 7.80. The van der Waals surface area contributed by atoms with Gasteiger partial charge in [-0.15, -0.1) is 0 Å². The zero-order valence-electron chi connectivity index (χ0n) is 20.4. The van der Waals surface area contributed by atoms with Crippen LogP contribution in [0.2, 0.25) is 0 Å². The molecule has 1 saturated carbocycles. The molecule has 1 aliphatic rings. The Bertz CT molecular complexity index is 1170. The monoisotopic (exact) mass is 510 g/mol. The normalized spacial score (nSPS) is 15.2. The van der Waals surface area contributed by atoms with Crippen molar-refractivity contribution < 1.29 is 22.4 Å². The van der Waals surface area contributed by atoms with Crippen molar-refractivity contribution in [2.75, 3.05) is 19.6 Å². The number of hydrogen-bond acceptors (Lipinski definition) is 6. The number of aryl methyl sites for hydroxylation is 1. The van der Waals surface area contributed by atoms with E-state index in [1.165, 1.54) is 18.2 Å². The van der Waals surface area contributed by atoms with Crippen molar-refractivity contribution in [3.8, 4) is 0 Å². The minimum Gasteiger partial charge on any atom is -0.353 e. The van der Waals surface area contributed by atoms with Gasteiger partial charge in [-0.25, -0.2) is 17.5 Å². The number of benzene rings is 1. The number of amides is 2. The standard InChI is InChI=1S/C23H35FN6O4S/c1-23(2,3)20(22(32)26-11-12-27-35(33,34)16-7-8-16)28-21(31)19-17-9-6-15(24)14-18(17)30(29-19)13-5-4-10-25/h6,9,14,16,20,27H,4-5,7-8,10-13,25H2,1-3H3,(H,26,32)(H,28,31). The molecule has 0 saturated heterocycles. The smallest absolute Gasteiger partial charge is 0.273 e. The van der Waals surface area contributed by atoms with Gasteiger partial charge in [-0.05, 0) is 55.8 Å². The van der Waals surface area contributed by atoms with Crippen LogP contribution in [0.1, 0.15) is 56.9 Å². The molecule has 2 amide bonds. The fraction of sp³-hybridized carbons (Fsp3) is 0.609. The van der Waals surface area contributed by atoms with Gasteiger partial charge in [0.1, 0.15) is 11.9 Å². The average molecular weight is 511 g/mol. The van der Waals surface area contributed by atoms with Crippen LogP contribution in [-0.2, 0) is 21.4 Å². The van der Waals surface area contributed by atoms with Crippen molar-refractivity contribution in [1.29, 1.82) is 0 Å². The Balaban J connectivity index is 1.71. The van der Waals surface area contributed by atoms with E-state index in [0.29, 0.717) is 36.8 Å². The molecule has 1 atom stereocenters. The van der Waals surface area contributed by atoms with E-state index in [1.807, 2.05) is 20.8 Å². The van der Waals surface area contributed by atoms with Gasteiger partial charge in [0, 0.05) is 25.0 Å². The summed E-state index contributed by atoms with van der Waals surface area (Å²) in [4.78, 5) is 26.1. The Morgan fingerprint density at radius 1 is 1.23 bits per heavy atom. The fourth-order valence-corrected chi connectivity index (χ4v) is 5.12. The lowest BCUT2D eigenvalue weighted by Crippen LogP contribution is -2.54. The van der Waals surface area contributed by atoms with E-state index in [1.54, 1.807) is 4.68 Å². The van der Waals surface area contributed by atoms with E-state index in [2.05, 4.69) is 20.5 Å². The number of nitrogens with zero attached hydrogens (tertiary/aromatic N) is 2. The lowest BCUT2D eigenvalue weighted by atomic mass is 9.86. The highest BCUT2D eigenvalue weighted by Crippen LogP contribution is 2.27. The number of halogens is 1. The number of carbonyl (C=O) groups is 2. The molecule has 1 heterocycles. The Hall–Kier alpha value is -2.57. The highest BCUT2D eigenvalue weighted by atomic mass is 32.2. The van der Waals surface area contributed by atoms with Gasteiger partial charge >= 0.3 is 0 Å². The van der Waals surface area contributed by atoms with Gasteiger partial charge in [0.05, 0.1) is 10.8 Å². The molecule has 0 aliphatic heterocycles. The Kier molecular flexibility index (Phi) is 8.50.